The maximum absolute atomic E-state index is 12.5. The smallest absolute Gasteiger partial charge is 0.230 e. The van der Waals surface area contributed by atoms with Crippen LogP contribution in [0.15, 0.2) is 40.2 Å². The summed E-state index contributed by atoms with van der Waals surface area (Å²) in [5.41, 5.74) is 0. The van der Waals surface area contributed by atoms with Gasteiger partial charge < -0.3 is 9.88 Å². The standard InChI is InChI=1S/C20H25N5OS3/c1-2-25-19(17-8-6-12-28-17)22-23-20(25)29-14-18(26)21-13-15(16-7-5-11-27-16)24-9-3-4-10-24/h5-8,11-12,15H,2-4,9-10,13-14H2,1H3,(H,21,26). The average molecular weight is 448 g/mol. The molecule has 0 aliphatic carbocycles. The van der Waals surface area contributed by atoms with E-state index in [1.54, 1.807) is 22.7 Å². The third kappa shape index (κ3) is 4.91. The van der Waals surface area contributed by atoms with Crippen LogP contribution in [0.5, 0.6) is 0 Å². The second-order valence-corrected chi connectivity index (χ2v) is 9.76. The van der Waals surface area contributed by atoms with Gasteiger partial charge in [0.15, 0.2) is 11.0 Å². The molecule has 9 heteroatoms. The van der Waals surface area contributed by atoms with Gasteiger partial charge >= 0.3 is 0 Å². The minimum Gasteiger partial charge on any atom is -0.353 e. The molecular formula is C20H25N5OS3. The van der Waals surface area contributed by atoms with Crippen molar-refractivity contribution in [3.05, 3.63) is 39.9 Å². The number of hydrogen-bond acceptors (Lipinski definition) is 7. The molecule has 0 spiro atoms. The minimum atomic E-state index is 0.0408. The Morgan fingerprint density at radius 3 is 2.69 bits per heavy atom. The summed E-state index contributed by atoms with van der Waals surface area (Å²) in [6, 6.07) is 8.59. The first kappa shape index (κ1) is 20.6. The molecule has 29 heavy (non-hydrogen) atoms. The number of likely N-dealkylation sites (tertiary alicyclic amines) is 1. The van der Waals surface area contributed by atoms with Crippen LogP contribution in [-0.2, 0) is 11.3 Å². The lowest BCUT2D eigenvalue weighted by atomic mass is 10.2. The molecule has 1 amide bonds. The summed E-state index contributed by atoms with van der Waals surface area (Å²) in [5, 5.41) is 16.7. The van der Waals surface area contributed by atoms with Crippen LogP contribution in [0.25, 0.3) is 10.7 Å². The fourth-order valence-electron chi connectivity index (χ4n) is 3.60. The van der Waals surface area contributed by atoms with E-state index < -0.39 is 0 Å². The zero-order valence-corrected chi connectivity index (χ0v) is 18.9. The fraction of sp³-hybridized carbons (Fsp3) is 0.450. The molecule has 3 aromatic heterocycles. The van der Waals surface area contributed by atoms with Crippen LogP contribution < -0.4 is 5.32 Å². The molecule has 0 radical (unpaired) electrons. The molecule has 1 aliphatic heterocycles. The molecule has 1 aliphatic rings. The number of carbonyl (C=O) groups is 1. The first-order valence-corrected chi connectivity index (χ1v) is 12.6. The number of aromatic nitrogens is 3. The van der Waals surface area contributed by atoms with E-state index in [0.29, 0.717) is 12.3 Å². The Hall–Kier alpha value is -1.68. The fourth-order valence-corrected chi connectivity index (χ4v) is 6.01. The van der Waals surface area contributed by atoms with E-state index in [9.17, 15) is 4.79 Å². The Kier molecular flexibility index (Phi) is 7.02. The van der Waals surface area contributed by atoms with Crippen LogP contribution in [0.3, 0.4) is 0 Å². The number of nitrogens with zero attached hydrogens (tertiary/aromatic N) is 4. The van der Waals surface area contributed by atoms with Gasteiger partial charge in [-0.1, -0.05) is 23.9 Å². The zero-order valence-electron chi connectivity index (χ0n) is 16.4. The Balaban J connectivity index is 1.34. The van der Waals surface area contributed by atoms with Crippen molar-refractivity contribution in [1.82, 2.24) is 25.0 Å². The van der Waals surface area contributed by atoms with E-state index in [1.807, 2.05) is 17.5 Å². The number of hydrogen-bond donors (Lipinski definition) is 1. The third-order valence-corrected chi connectivity index (χ3v) is 7.86. The van der Waals surface area contributed by atoms with E-state index in [2.05, 4.69) is 49.4 Å². The quantitative estimate of drug-likeness (QED) is 0.500. The van der Waals surface area contributed by atoms with Gasteiger partial charge in [-0.2, -0.15) is 0 Å². The lowest BCUT2D eigenvalue weighted by Crippen LogP contribution is -2.37. The van der Waals surface area contributed by atoms with E-state index >= 15 is 0 Å². The van der Waals surface area contributed by atoms with Gasteiger partial charge in [0.05, 0.1) is 16.7 Å². The summed E-state index contributed by atoms with van der Waals surface area (Å²) in [6.45, 7) is 5.73. The van der Waals surface area contributed by atoms with Crippen molar-refractivity contribution < 1.29 is 4.79 Å². The maximum atomic E-state index is 12.5. The van der Waals surface area contributed by atoms with Gasteiger partial charge in [-0.15, -0.1) is 32.9 Å². The average Bonchev–Trinajstić information content (AvgIpc) is 3.54. The number of thioether (sulfide) groups is 1. The molecule has 1 atom stereocenters. The van der Waals surface area contributed by atoms with Crippen molar-refractivity contribution in [2.45, 2.75) is 37.5 Å². The number of amides is 1. The SMILES string of the molecule is CCn1c(SCC(=O)NCC(c2cccs2)N2CCCC2)nnc1-c1cccs1. The summed E-state index contributed by atoms with van der Waals surface area (Å²) >= 11 is 4.87. The predicted molar refractivity (Wildman–Crippen MR) is 121 cm³/mol. The lowest BCUT2D eigenvalue weighted by molar-refractivity contribution is -0.118. The molecule has 1 N–H and O–H groups in total. The van der Waals surface area contributed by atoms with Crippen LogP contribution >= 0.6 is 34.4 Å². The highest BCUT2D eigenvalue weighted by Crippen LogP contribution is 2.29. The van der Waals surface area contributed by atoms with Crippen LogP contribution in [0.2, 0.25) is 0 Å². The van der Waals surface area contributed by atoms with Gasteiger partial charge in [0, 0.05) is 18.0 Å². The van der Waals surface area contributed by atoms with Crippen molar-refractivity contribution in [2.75, 3.05) is 25.4 Å². The highest BCUT2D eigenvalue weighted by molar-refractivity contribution is 7.99. The molecule has 0 aromatic carbocycles. The van der Waals surface area contributed by atoms with E-state index in [-0.39, 0.29) is 11.9 Å². The summed E-state index contributed by atoms with van der Waals surface area (Å²) < 4.78 is 2.07. The molecule has 3 aromatic rings. The Morgan fingerprint density at radius 2 is 2.00 bits per heavy atom. The van der Waals surface area contributed by atoms with Gasteiger partial charge in [-0.05, 0) is 55.7 Å². The Morgan fingerprint density at radius 1 is 1.21 bits per heavy atom. The first-order valence-electron chi connectivity index (χ1n) is 9.90. The first-order chi connectivity index (χ1) is 14.3. The van der Waals surface area contributed by atoms with Crippen molar-refractivity contribution in [3.63, 3.8) is 0 Å². The number of nitrogens with one attached hydrogen (secondary N) is 1. The van der Waals surface area contributed by atoms with Crippen molar-refractivity contribution in [3.8, 4) is 10.7 Å². The molecule has 1 unspecified atom stereocenters. The normalized spacial score (nSPS) is 15.6. The number of carbonyl (C=O) groups excluding carboxylic acids is 1. The van der Waals surface area contributed by atoms with Gasteiger partial charge in [-0.3, -0.25) is 9.69 Å². The van der Waals surface area contributed by atoms with Crippen LogP contribution in [0, 0.1) is 0 Å². The van der Waals surface area contributed by atoms with Gasteiger partial charge in [-0.25, -0.2) is 0 Å². The van der Waals surface area contributed by atoms with Crippen LogP contribution in [0.4, 0.5) is 0 Å². The minimum absolute atomic E-state index is 0.0408. The summed E-state index contributed by atoms with van der Waals surface area (Å²) in [7, 11) is 0. The van der Waals surface area contributed by atoms with E-state index in [1.165, 1.54) is 29.5 Å². The molecule has 4 heterocycles. The molecule has 154 valence electrons. The molecule has 1 saturated heterocycles. The largest absolute Gasteiger partial charge is 0.353 e. The molecule has 0 saturated carbocycles. The van der Waals surface area contributed by atoms with Crippen LogP contribution in [0.1, 0.15) is 30.7 Å². The highest BCUT2D eigenvalue weighted by atomic mass is 32.2. The van der Waals surface area contributed by atoms with Crippen LogP contribution in [-0.4, -0.2) is 51.0 Å². The summed E-state index contributed by atoms with van der Waals surface area (Å²) in [6.07, 6.45) is 2.48. The monoisotopic (exact) mass is 447 g/mol. The Labute approximate surface area is 183 Å². The second-order valence-electron chi connectivity index (χ2n) is 6.89. The van der Waals surface area contributed by atoms with Gasteiger partial charge in [0.1, 0.15) is 0 Å². The van der Waals surface area contributed by atoms with E-state index in [0.717, 1.165) is 35.5 Å². The topological polar surface area (TPSA) is 63.1 Å². The number of rotatable bonds is 9. The Bertz CT molecular complexity index is 901. The van der Waals surface area contributed by atoms with E-state index in [4.69, 9.17) is 0 Å². The predicted octanol–water partition coefficient (Wildman–Crippen LogP) is 4.13. The maximum Gasteiger partial charge on any atom is 0.230 e. The number of thiophene rings is 2. The molecule has 4 rings (SSSR count). The molecular weight excluding hydrogens is 422 g/mol. The zero-order chi connectivity index (χ0) is 20.1. The third-order valence-electron chi connectivity index (χ3n) is 5.05. The summed E-state index contributed by atoms with van der Waals surface area (Å²) in [4.78, 5) is 17.4. The van der Waals surface area contributed by atoms with Gasteiger partial charge in [0.2, 0.25) is 5.91 Å². The molecule has 0 bridgehead atoms. The summed E-state index contributed by atoms with van der Waals surface area (Å²) in [5.74, 6) is 1.26. The van der Waals surface area contributed by atoms with Crippen molar-refractivity contribution in [2.24, 2.45) is 0 Å². The second kappa shape index (κ2) is 9.88. The van der Waals surface area contributed by atoms with Gasteiger partial charge in [0.25, 0.3) is 0 Å². The van der Waals surface area contributed by atoms with Crippen molar-refractivity contribution in [1.29, 1.82) is 0 Å². The molecule has 1 fully saturated rings. The van der Waals surface area contributed by atoms with Crippen molar-refractivity contribution >= 4 is 40.3 Å². The highest BCUT2D eigenvalue weighted by Gasteiger charge is 2.24. The lowest BCUT2D eigenvalue weighted by Gasteiger charge is -2.26. The molecule has 6 nitrogen and oxygen atoms in total.